The largest absolute Gasteiger partial charge is 0.496 e. The lowest BCUT2D eigenvalue weighted by Gasteiger charge is -2.30. The molecule has 0 bridgehead atoms. The average Bonchev–Trinajstić information content (AvgIpc) is 3.44. The van der Waals surface area contributed by atoms with Crippen molar-refractivity contribution in [2.45, 2.75) is 43.6 Å². The Morgan fingerprint density at radius 3 is 2.47 bits per heavy atom. The Kier molecular flexibility index (Phi) is 7.34. The lowest BCUT2D eigenvalue weighted by Crippen LogP contribution is -2.50. The molecule has 1 unspecified atom stereocenters. The van der Waals surface area contributed by atoms with E-state index in [9.17, 15) is 14.7 Å². The van der Waals surface area contributed by atoms with Gasteiger partial charge in [-0.1, -0.05) is 60.8 Å². The summed E-state index contributed by atoms with van der Waals surface area (Å²) in [5, 5.41) is 14.3. The van der Waals surface area contributed by atoms with Crippen molar-refractivity contribution in [1.82, 2.24) is 10.3 Å². The Hall–Kier alpha value is -3.90. The van der Waals surface area contributed by atoms with Crippen LogP contribution in [0.25, 0.3) is 22.2 Å². The van der Waals surface area contributed by atoms with Gasteiger partial charge in [0.05, 0.1) is 23.7 Å². The van der Waals surface area contributed by atoms with Crippen LogP contribution in [0.1, 0.15) is 36.8 Å². The summed E-state index contributed by atoms with van der Waals surface area (Å²) in [5.74, 6) is -0.560. The Labute approximate surface area is 226 Å². The van der Waals surface area contributed by atoms with Gasteiger partial charge in [0.1, 0.15) is 11.8 Å². The van der Waals surface area contributed by atoms with E-state index >= 15 is 0 Å². The normalized spacial score (nSPS) is 15.2. The quantitative estimate of drug-likeness (QED) is 0.285. The van der Waals surface area contributed by atoms with E-state index in [0.29, 0.717) is 17.9 Å². The van der Waals surface area contributed by atoms with Gasteiger partial charge in [0.2, 0.25) is 5.91 Å². The van der Waals surface area contributed by atoms with E-state index < -0.39 is 17.4 Å². The van der Waals surface area contributed by atoms with Gasteiger partial charge in [0, 0.05) is 22.4 Å². The first-order valence-corrected chi connectivity index (χ1v) is 13.1. The van der Waals surface area contributed by atoms with Crippen LogP contribution in [-0.4, -0.2) is 35.1 Å². The molecule has 1 fully saturated rings. The van der Waals surface area contributed by atoms with Gasteiger partial charge in [-0.05, 0) is 66.4 Å². The van der Waals surface area contributed by atoms with Crippen molar-refractivity contribution >= 4 is 34.4 Å². The second-order valence-electron chi connectivity index (χ2n) is 9.79. The minimum absolute atomic E-state index is 0.169. The zero-order chi connectivity index (χ0) is 26.7. The third kappa shape index (κ3) is 5.09. The molecule has 1 aromatic heterocycles. The molecule has 1 saturated carbocycles. The van der Waals surface area contributed by atoms with Crippen LogP contribution in [0, 0.1) is 0 Å². The Morgan fingerprint density at radius 1 is 1.03 bits per heavy atom. The molecule has 1 atom stereocenters. The first-order chi connectivity index (χ1) is 18.4. The highest BCUT2D eigenvalue weighted by molar-refractivity contribution is 6.30. The van der Waals surface area contributed by atoms with Crippen LogP contribution in [0.15, 0.2) is 78.9 Å². The van der Waals surface area contributed by atoms with E-state index in [1.54, 1.807) is 19.2 Å². The number of fused-ring (bicyclic) bond motifs is 1. The summed E-state index contributed by atoms with van der Waals surface area (Å²) < 4.78 is 5.47. The fourth-order valence-electron chi connectivity index (χ4n) is 5.43. The van der Waals surface area contributed by atoms with Crippen molar-refractivity contribution in [1.29, 1.82) is 0 Å². The molecule has 1 aliphatic rings. The third-order valence-corrected chi connectivity index (χ3v) is 7.72. The van der Waals surface area contributed by atoms with Crippen molar-refractivity contribution in [2.24, 2.45) is 0 Å². The number of aromatic nitrogens is 1. The molecule has 0 aliphatic heterocycles. The number of aliphatic carboxylic acids is 1. The summed E-state index contributed by atoms with van der Waals surface area (Å²) >= 11 is 6.07. The monoisotopic (exact) mass is 528 g/mol. The number of carboxylic acid groups (broad SMARTS) is 1. The molecule has 1 aliphatic carbocycles. The van der Waals surface area contributed by atoms with Gasteiger partial charge in [-0.3, -0.25) is 4.79 Å². The van der Waals surface area contributed by atoms with Gasteiger partial charge in [-0.2, -0.15) is 0 Å². The average molecular weight is 529 g/mol. The number of benzene rings is 3. The van der Waals surface area contributed by atoms with E-state index in [1.807, 2.05) is 66.7 Å². The van der Waals surface area contributed by atoms with Crippen molar-refractivity contribution in [3.63, 3.8) is 0 Å². The summed E-state index contributed by atoms with van der Waals surface area (Å²) in [5.41, 5.74) is 3.44. The highest BCUT2D eigenvalue weighted by Crippen LogP contribution is 2.42. The molecule has 38 heavy (non-hydrogen) atoms. The maximum Gasteiger partial charge on any atom is 0.326 e. The van der Waals surface area contributed by atoms with Gasteiger partial charge in [0.25, 0.3) is 0 Å². The number of rotatable bonds is 8. The Morgan fingerprint density at radius 2 is 1.76 bits per heavy atom. The number of pyridine rings is 1. The van der Waals surface area contributed by atoms with Gasteiger partial charge >= 0.3 is 5.97 Å². The van der Waals surface area contributed by atoms with E-state index in [0.717, 1.165) is 51.9 Å². The Balaban J connectivity index is 1.37. The topological polar surface area (TPSA) is 88.5 Å². The van der Waals surface area contributed by atoms with Gasteiger partial charge in [-0.25, -0.2) is 9.78 Å². The maximum atomic E-state index is 13.6. The number of ether oxygens (including phenoxy) is 1. The van der Waals surface area contributed by atoms with Crippen LogP contribution in [0.2, 0.25) is 5.02 Å². The predicted octanol–water partition coefficient (Wildman–Crippen LogP) is 6.19. The molecular formula is C31H29ClN2O4. The third-order valence-electron chi connectivity index (χ3n) is 7.47. The van der Waals surface area contributed by atoms with Crippen LogP contribution in [-0.2, 0) is 21.4 Å². The van der Waals surface area contributed by atoms with E-state index in [1.165, 1.54) is 0 Å². The summed E-state index contributed by atoms with van der Waals surface area (Å²) in [7, 11) is 1.63. The summed E-state index contributed by atoms with van der Waals surface area (Å²) in [4.78, 5) is 30.6. The summed E-state index contributed by atoms with van der Waals surface area (Å²) in [6.07, 6.45) is 3.37. The van der Waals surface area contributed by atoms with Crippen LogP contribution in [0.3, 0.4) is 0 Å². The van der Waals surface area contributed by atoms with Crippen LogP contribution in [0.5, 0.6) is 5.75 Å². The molecule has 194 valence electrons. The zero-order valence-corrected chi connectivity index (χ0v) is 21.9. The number of methoxy groups -OCH3 is 1. The van der Waals surface area contributed by atoms with Crippen molar-refractivity contribution in [3.05, 3.63) is 95.0 Å². The molecule has 7 heteroatoms. The standard InChI is InChI=1S/C31H29ClN2O4/c1-38-28-7-3-2-6-24(28)26-15-9-21-18-20(8-14-25(21)33-26)19-27(29(35)36)34-30(37)31(16-4-5-17-31)22-10-12-23(32)13-11-22/h2-3,6-15,18,27H,4-5,16-17,19H2,1H3,(H,34,37)(H,35,36). The molecule has 5 rings (SSSR count). The number of nitrogens with one attached hydrogen (secondary N) is 1. The van der Waals surface area contributed by atoms with E-state index in [-0.39, 0.29) is 12.3 Å². The fourth-order valence-corrected chi connectivity index (χ4v) is 5.56. The number of carbonyl (C=O) groups excluding carboxylic acids is 1. The molecule has 2 N–H and O–H groups in total. The van der Waals surface area contributed by atoms with Crippen LogP contribution >= 0.6 is 11.6 Å². The fraction of sp³-hybridized carbons (Fsp3) is 0.258. The molecule has 4 aromatic rings. The van der Waals surface area contributed by atoms with Crippen molar-refractivity contribution in [2.75, 3.05) is 7.11 Å². The molecule has 0 spiro atoms. The minimum Gasteiger partial charge on any atom is -0.496 e. The second kappa shape index (κ2) is 10.8. The number of hydrogen-bond acceptors (Lipinski definition) is 4. The lowest BCUT2D eigenvalue weighted by molar-refractivity contribution is -0.142. The van der Waals surface area contributed by atoms with Crippen LogP contribution in [0.4, 0.5) is 0 Å². The molecule has 0 radical (unpaired) electrons. The summed E-state index contributed by atoms with van der Waals surface area (Å²) in [6, 6.07) is 23.5. The van der Waals surface area contributed by atoms with Crippen LogP contribution < -0.4 is 10.1 Å². The summed E-state index contributed by atoms with van der Waals surface area (Å²) in [6.45, 7) is 0. The Bertz CT molecular complexity index is 1480. The molecular weight excluding hydrogens is 500 g/mol. The lowest BCUT2D eigenvalue weighted by atomic mass is 9.77. The maximum absolute atomic E-state index is 13.6. The number of carbonyl (C=O) groups is 2. The first kappa shape index (κ1) is 25.7. The minimum atomic E-state index is -1.06. The molecule has 0 saturated heterocycles. The zero-order valence-electron chi connectivity index (χ0n) is 21.1. The molecule has 1 heterocycles. The van der Waals surface area contributed by atoms with Gasteiger partial charge < -0.3 is 15.2 Å². The number of nitrogens with zero attached hydrogens (tertiary/aromatic N) is 1. The molecule has 6 nitrogen and oxygen atoms in total. The number of para-hydroxylation sites is 1. The van der Waals surface area contributed by atoms with Crippen molar-refractivity contribution in [3.8, 4) is 17.0 Å². The molecule has 3 aromatic carbocycles. The number of carboxylic acids is 1. The predicted molar refractivity (Wildman–Crippen MR) is 149 cm³/mol. The van der Waals surface area contributed by atoms with Gasteiger partial charge in [0.15, 0.2) is 0 Å². The van der Waals surface area contributed by atoms with E-state index in [4.69, 9.17) is 21.3 Å². The number of hydrogen-bond donors (Lipinski definition) is 2. The molecule has 1 amide bonds. The number of amides is 1. The SMILES string of the molecule is COc1ccccc1-c1ccc2cc(CC(NC(=O)C3(c4ccc(Cl)cc4)CCCC3)C(=O)O)ccc2n1. The van der Waals surface area contributed by atoms with E-state index in [2.05, 4.69) is 5.32 Å². The highest BCUT2D eigenvalue weighted by atomic mass is 35.5. The first-order valence-electron chi connectivity index (χ1n) is 12.7. The smallest absolute Gasteiger partial charge is 0.326 e. The van der Waals surface area contributed by atoms with Gasteiger partial charge in [-0.15, -0.1) is 0 Å². The highest BCUT2D eigenvalue weighted by Gasteiger charge is 2.43. The number of halogens is 1. The van der Waals surface area contributed by atoms with Crippen molar-refractivity contribution < 1.29 is 19.4 Å². The second-order valence-corrected chi connectivity index (χ2v) is 10.2.